The SMILES string of the molecule is COC(=O)CC(C(=O)OCc1ccccc1)N(C)C(=O)OC(C)(C)C. The molecule has 1 unspecified atom stereocenters. The van der Waals surface area contributed by atoms with Crippen molar-refractivity contribution in [3.8, 4) is 0 Å². The Kier molecular flexibility index (Phi) is 7.42. The van der Waals surface area contributed by atoms with E-state index in [4.69, 9.17) is 9.47 Å². The number of ether oxygens (including phenoxy) is 3. The minimum Gasteiger partial charge on any atom is -0.469 e. The van der Waals surface area contributed by atoms with Gasteiger partial charge in [0.05, 0.1) is 13.5 Å². The molecule has 1 aromatic rings. The summed E-state index contributed by atoms with van der Waals surface area (Å²) in [5, 5.41) is 0. The fourth-order valence-corrected chi connectivity index (χ4v) is 1.91. The molecule has 0 bridgehead atoms. The highest BCUT2D eigenvalue weighted by Gasteiger charge is 2.33. The lowest BCUT2D eigenvalue weighted by Gasteiger charge is -2.29. The van der Waals surface area contributed by atoms with Gasteiger partial charge in [-0.3, -0.25) is 9.69 Å². The second-order valence-electron chi connectivity index (χ2n) is 6.48. The van der Waals surface area contributed by atoms with Crippen LogP contribution in [0.5, 0.6) is 0 Å². The lowest BCUT2D eigenvalue weighted by molar-refractivity contribution is -0.155. The Morgan fingerprint density at radius 1 is 1.12 bits per heavy atom. The van der Waals surface area contributed by atoms with E-state index in [0.29, 0.717) is 0 Å². The molecule has 138 valence electrons. The van der Waals surface area contributed by atoms with E-state index in [1.54, 1.807) is 32.9 Å². The molecular weight excluding hydrogens is 326 g/mol. The van der Waals surface area contributed by atoms with Crippen molar-refractivity contribution in [3.05, 3.63) is 35.9 Å². The van der Waals surface area contributed by atoms with Gasteiger partial charge in [0.2, 0.25) is 0 Å². The van der Waals surface area contributed by atoms with Crippen LogP contribution in [0.1, 0.15) is 32.8 Å². The molecule has 1 amide bonds. The monoisotopic (exact) mass is 351 g/mol. The van der Waals surface area contributed by atoms with Crippen molar-refractivity contribution in [2.45, 2.75) is 45.4 Å². The molecule has 0 radical (unpaired) electrons. The van der Waals surface area contributed by atoms with E-state index in [1.165, 1.54) is 14.2 Å². The number of nitrogens with zero attached hydrogens (tertiary/aromatic N) is 1. The Hall–Kier alpha value is -2.57. The Bertz CT molecular complexity index is 593. The average molecular weight is 351 g/mol. The van der Waals surface area contributed by atoms with Crippen molar-refractivity contribution in [3.63, 3.8) is 0 Å². The summed E-state index contributed by atoms with van der Waals surface area (Å²) < 4.78 is 15.1. The number of hydrogen-bond acceptors (Lipinski definition) is 6. The van der Waals surface area contributed by atoms with E-state index in [-0.39, 0.29) is 13.0 Å². The van der Waals surface area contributed by atoms with Crippen LogP contribution in [-0.2, 0) is 30.4 Å². The van der Waals surface area contributed by atoms with Crippen LogP contribution in [0.3, 0.4) is 0 Å². The quantitative estimate of drug-likeness (QED) is 0.579. The highest BCUT2D eigenvalue weighted by Crippen LogP contribution is 2.14. The molecule has 7 heteroatoms. The van der Waals surface area contributed by atoms with E-state index in [0.717, 1.165) is 10.5 Å². The Morgan fingerprint density at radius 3 is 2.24 bits per heavy atom. The molecule has 7 nitrogen and oxygen atoms in total. The summed E-state index contributed by atoms with van der Waals surface area (Å²) in [7, 11) is 2.59. The van der Waals surface area contributed by atoms with Crippen LogP contribution < -0.4 is 0 Å². The number of rotatable bonds is 6. The van der Waals surface area contributed by atoms with Gasteiger partial charge < -0.3 is 14.2 Å². The maximum atomic E-state index is 12.4. The lowest BCUT2D eigenvalue weighted by Crippen LogP contribution is -2.46. The minimum atomic E-state index is -1.13. The van der Waals surface area contributed by atoms with E-state index >= 15 is 0 Å². The molecule has 0 aliphatic carbocycles. The van der Waals surface area contributed by atoms with Crippen LogP contribution in [-0.4, -0.2) is 48.7 Å². The van der Waals surface area contributed by atoms with Crippen LogP contribution in [0, 0.1) is 0 Å². The molecule has 0 aliphatic rings. The lowest BCUT2D eigenvalue weighted by atomic mass is 10.2. The largest absolute Gasteiger partial charge is 0.469 e. The van der Waals surface area contributed by atoms with Gasteiger partial charge in [-0.05, 0) is 26.3 Å². The maximum absolute atomic E-state index is 12.4. The summed E-state index contributed by atoms with van der Waals surface area (Å²) in [6, 6.07) is 7.97. The number of carbonyl (C=O) groups excluding carboxylic acids is 3. The molecule has 0 aliphatic heterocycles. The topological polar surface area (TPSA) is 82.1 Å². The molecule has 0 heterocycles. The first-order valence-electron chi connectivity index (χ1n) is 7.87. The molecule has 0 saturated heterocycles. The third-order valence-corrected chi connectivity index (χ3v) is 3.23. The molecular formula is C18H25NO6. The number of methoxy groups -OCH3 is 1. The van der Waals surface area contributed by atoms with Crippen molar-refractivity contribution in [2.75, 3.05) is 14.2 Å². The normalized spacial score (nSPS) is 12.0. The summed E-state index contributed by atoms with van der Waals surface area (Å²) >= 11 is 0. The summed E-state index contributed by atoms with van der Waals surface area (Å²) in [6.45, 7) is 5.17. The van der Waals surface area contributed by atoms with Gasteiger partial charge in [-0.25, -0.2) is 9.59 Å². The predicted molar refractivity (Wildman–Crippen MR) is 90.7 cm³/mol. The van der Waals surface area contributed by atoms with Gasteiger partial charge in [0.15, 0.2) is 0 Å². The van der Waals surface area contributed by atoms with Crippen molar-refractivity contribution >= 4 is 18.0 Å². The smallest absolute Gasteiger partial charge is 0.410 e. The first-order chi connectivity index (χ1) is 11.6. The van der Waals surface area contributed by atoms with E-state index in [1.807, 2.05) is 18.2 Å². The third kappa shape index (κ3) is 7.24. The van der Waals surface area contributed by atoms with E-state index in [9.17, 15) is 14.4 Å². The third-order valence-electron chi connectivity index (χ3n) is 3.23. The molecule has 1 aromatic carbocycles. The number of likely N-dealkylation sites (N-methyl/N-ethyl adjacent to an activating group) is 1. The summed E-state index contributed by atoms with van der Waals surface area (Å²) in [5.41, 5.74) is 0.0716. The van der Waals surface area contributed by atoms with E-state index < -0.39 is 29.7 Å². The van der Waals surface area contributed by atoms with Gasteiger partial charge >= 0.3 is 18.0 Å². The fourth-order valence-electron chi connectivity index (χ4n) is 1.91. The molecule has 0 fully saturated rings. The first kappa shape index (κ1) is 20.5. The second-order valence-corrected chi connectivity index (χ2v) is 6.48. The number of hydrogen-bond donors (Lipinski definition) is 0. The van der Waals surface area contributed by atoms with Crippen molar-refractivity contribution in [1.29, 1.82) is 0 Å². The van der Waals surface area contributed by atoms with E-state index in [2.05, 4.69) is 4.74 Å². The van der Waals surface area contributed by atoms with Gasteiger partial charge in [-0.2, -0.15) is 0 Å². The van der Waals surface area contributed by atoms with Gasteiger partial charge in [-0.15, -0.1) is 0 Å². The Labute approximate surface area is 147 Å². The zero-order valence-electron chi connectivity index (χ0n) is 15.3. The summed E-state index contributed by atoms with van der Waals surface area (Å²) in [4.78, 5) is 37.2. The van der Waals surface area contributed by atoms with Gasteiger partial charge in [0.25, 0.3) is 0 Å². The highest BCUT2D eigenvalue weighted by molar-refractivity contribution is 5.86. The Morgan fingerprint density at radius 2 is 1.72 bits per heavy atom. The molecule has 0 spiro atoms. The second kappa shape index (κ2) is 9.05. The summed E-state index contributed by atoms with van der Waals surface area (Å²) in [5.74, 6) is -1.33. The molecule has 0 N–H and O–H groups in total. The van der Waals surface area contributed by atoms with Crippen LogP contribution in [0.2, 0.25) is 0 Å². The first-order valence-corrected chi connectivity index (χ1v) is 7.87. The number of carbonyl (C=O) groups is 3. The van der Waals surface area contributed by atoms with Crippen LogP contribution in [0.15, 0.2) is 30.3 Å². The van der Waals surface area contributed by atoms with Crippen LogP contribution in [0.4, 0.5) is 4.79 Å². The van der Waals surface area contributed by atoms with Crippen molar-refractivity contribution in [2.24, 2.45) is 0 Å². The summed E-state index contributed by atoms with van der Waals surface area (Å²) in [6.07, 6.45) is -1.04. The van der Waals surface area contributed by atoms with Gasteiger partial charge in [-0.1, -0.05) is 30.3 Å². The molecule has 1 atom stereocenters. The van der Waals surface area contributed by atoms with Gasteiger partial charge in [0.1, 0.15) is 18.2 Å². The number of benzene rings is 1. The zero-order valence-corrected chi connectivity index (χ0v) is 15.3. The molecule has 1 rings (SSSR count). The predicted octanol–water partition coefficient (Wildman–Crippen LogP) is 2.53. The molecule has 25 heavy (non-hydrogen) atoms. The van der Waals surface area contributed by atoms with Crippen molar-refractivity contribution < 1.29 is 28.6 Å². The van der Waals surface area contributed by atoms with Gasteiger partial charge in [0, 0.05) is 7.05 Å². The molecule has 0 saturated carbocycles. The zero-order chi connectivity index (χ0) is 19.0. The standard InChI is InChI=1S/C18H25NO6/c1-18(2,3)25-17(22)19(4)14(11-15(20)23-5)16(21)24-12-13-9-7-6-8-10-13/h6-10,14H,11-12H2,1-5H3. The average Bonchev–Trinajstić information content (AvgIpc) is 2.56. The highest BCUT2D eigenvalue weighted by atomic mass is 16.6. The van der Waals surface area contributed by atoms with Crippen LogP contribution >= 0.6 is 0 Å². The van der Waals surface area contributed by atoms with Crippen molar-refractivity contribution in [1.82, 2.24) is 4.90 Å². The maximum Gasteiger partial charge on any atom is 0.410 e. The Balaban J connectivity index is 2.81. The fraction of sp³-hybridized carbons (Fsp3) is 0.500. The van der Waals surface area contributed by atoms with Crippen LogP contribution in [0.25, 0.3) is 0 Å². The number of amides is 1. The molecule has 0 aromatic heterocycles. The minimum absolute atomic E-state index is 0.0412. The number of esters is 2.